The predicted octanol–water partition coefficient (Wildman–Crippen LogP) is 2.19. The molecule has 2 rings (SSSR count). The minimum absolute atomic E-state index is 0.261. The molecule has 1 fully saturated rings. The summed E-state index contributed by atoms with van der Waals surface area (Å²) in [6.07, 6.45) is 3.61. The molecule has 0 bridgehead atoms. The number of hydrogen-bond acceptors (Lipinski definition) is 3. The zero-order valence-corrected chi connectivity index (χ0v) is 9.95. The molecular formula is C13H18FNO2. The van der Waals surface area contributed by atoms with E-state index < -0.39 is 5.82 Å². The first-order valence-electron chi connectivity index (χ1n) is 5.94. The van der Waals surface area contributed by atoms with Gasteiger partial charge in [-0.1, -0.05) is 6.07 Å². The molecular weight excluding hydrogens is 221 g/mol. The van der Waals surface area contributed by atoms with Gasteiger partial charge in [-0.2, -0.15) is 0 Å². The first kappa shape index (κ1) is 12.3. The molecule has 3 nitrogen and oxygen atoms in total. The van der Waals surface area contributed by atoms with Crippen molar-refractivity contribution < 1.29 is 14.2 Å². The zero-order chi connectivity index (χ0) is 12.3. The Hall–Kier alpha value is -1.13. The lowest BCUT2D eigenvalue weighted by molar-refractivity contribution is 0.0847. The van der Waals surface area contributed by atoms with Gasteiger partial charge in [0.2, 0.25) is 0 Å². The van der Waals surface area contributed by atoms with Crippen LogP contribution in [0.5, 0.6) is 5.75 Å². The van der Waals surface area contributed by atoms with E-state index in [1.54, 1.807) is 13.2 Å². The zero-order valence-electron chi connectivity index (χ0n) is 9.95. The fraction of sp³-hybridized carbons (Fsp3) is 0.538. The van der Waals surface area contributed by atoms with E-state index in [1.165, 1.54) is 18.6 Å². The monoisotopic (exact) mass is 239 g/mol. The summed E-state index contributed by atoms with van der Waals surface area (Å²) in [6.45, 7) is 0.599. The third-order valence-electron chi connectivity index (χ3n) is 3.34. The number of ether oxygens (including phenoxy) is 1. The average molecular weight is 239 g/mol. The first-order valence-corrected chi connectivity index (χ1v) is 5.94. The normalized spacial score (nSPS) is 24.1. The van der Waals surface area contributed by atoms with Crippen LogP contribution in [-0.2, 0) is 11.3 Å². The molecule has 17 heavy (non-hydrogen) atoms. The fourth-order valence-electron chi connectivity index (χ4n) is 2.35. The van der Waals surface area contributed by atoms with Gasteiger partial charge in [0, 0.05) is 19.7 Å². The number of halogens is 1. The fourth-order valence-corrected chi connectivity index (χ4v) is 2.35. The smallest absolute Gasteiger partial charge is 0.165 e. The minimum Gasteiger partial charge on any atom is -0.505 e. The van der Waals surface area contributed by atoms with Crippen molar-refractivity contribution in [3.8, 4) is 5.75 Å². The predicted molar refractivity (Wildman–Crippen MR) is 63.3 cm³/mol. The molecule has 1 aromatic rings. The molecule has 1 aliphatic carbocycles. The number of aromatic hydroxyl groups is 1. The van der Waals surface area contributed by atoms with Crippen LogP contribution in [0.15, 0.2) is 18.2 Å². The molecule has 1 saturated carbocycles. The van der Waals surface area contributed by atoms with Crippen LogP contribution in [0.3, 0.4) is 0 Å². The molecule has 0 amide bonds. The van der Waals surface area contributed by atoms with Crippen molar-refractivity contribution in [1.29, 1.82) is 0 Å². The summed E-state index contributed by atoms with van der Waals surface area (Å²) in [7, 11) is 1.73. The van der Waals surface area contributed by atoms with Crippen molar-refractivity contribution >= 4 is 0 Å². The second kappa shape index (κ2) is 5.47. The van der Waals surface area contributed by atoms with Gasteiger partial charge in [0.25, 0.3) is 0 Å². The van der Waals surface area contributed by atoms with Gasteiger partial charge in [-0.25, -0.2) is 4.39 Å². The number of hydrogen-bond donors (Lipinski definition) is 2. The summed E-state index contributed by atoms with van der Waals surface area (Å²) < 4.78 is 18.5. The topological polar surface area (TPSA) is 41.5 Å². The summed E-state index contributed by atoms with van der Waals surface area (Å²) in [4.78, 5) is 0. The summed E-state index contributed by atoms with van der Waals surface area (Å²) in [6, 6.07) is 4.81. The van der Waals surface area contributed by atoms with Crippen molar-refractivity contribution in [2.75, 3.05) is 7.11 Å². The van der Waals surface area contributed by atoms with Crippen molar-refractivity contribution in [1.82, 2.24) is 5.32 Å². The van der Waals surface area contributed by atoms with Crippen molar-refractivity contribution in [3.63, 3.8) is 0 Å². The Kier molecular flexibility index (Phi) is 3.97. The second-order valence-corrected chi connectivity index (χ2v) is 4.48. The Morgan fingerprint density at radius 3 is 3.00 bits per heavy atom. The molecule has 0 heterocycles. The third kappa shape index (κ3) is 2.96. The quantitative estimate of drug-likeness (QED) is 0.846. The molecule has 1 aromatic carbocycles. The molecule has 0 aromatic heterocycles. The summed E-state index contributed by atoms with van der Waals surface area (Å²) >= 11 is 0. The van der Waals surface area contributed by atoms with Gasteiger partial charge in [-0.15, -0.1) is 0 Å². The number of nitrogens with one attached hydrogen (secondary N) is 1. The van der Waals surface area contributed by atoms with E-state index in [9.17, 15) is 4.39 Å². The van der Waals surface area contributed by atoms with Gasteiger partial charge >= 0.3 is 0 Å². The third-order valence-corrected chi connectivity index (χ3v) is 3.34. The van der Waals surface area contributed by atoms with Crippen LogP contribution in [0.2, 0.25) is 0 Å². The van der Waals surface area contributed by atoms with E-state index in [0.717, 1.165) is 18.4 Å². The van der Waals surface area contributed by atoms with Gasteiger partial charge in [-0.05, 0) is 37.0 Å². The van der Waals surface area contributed by atoms with Crippen LogP contribution in [0.1, 0.15) is 24.8 Å². The van der Waals surface area contributed by atoms with Crippen molar-refractivity contribution in [3.05, 3.63) is 29.6 Å². The summed E-state index contributed by atoms with van der Waals surface area (Å²) in [5, 5.41) is 12.5. The highest BCUT2D eigenvalue weighted by Crippen LogP contribution is 2.22. The van der Waals surface area contributed by atoms with E-state index in [2.05, 4.69) is 5.32 Å². The molecule has 2 unspecified atom stereocenters. The molecule has 4 heteroatoms. The Morgan fingerprint density at radius 1 is 1.47 bits per heavy atom. The standard InChI is InChI=1S/C13H18FNO2/c1-17-13-4-2-3-11(13)15-8-9-5-6-12(16)10(14)7-9/h5-7,11,13,15-16H,2-4,8H2,1H3. The van der Waals surface area contributed by atoms with Gasteiger partial charge < -0.3 is 15.2 Å². The van der Waals surface area contributed by atoms with Gasteiger partial charge in [-0.3, -0.25) is 0 Å². The summed E-state index contributed by atoms with van der Waals surface area (Å²) in [5.41, 5.74) is 0.835. The Labute approximate surface area is 101 Å². The average Bonchev–Trinajstić information content (AvgIpc) is 2.78. The highest BCUT2D eigenvalue weighted by Gasteiger charge is 2.26. The number of methoxy groups -OCH3 is 1. The number of phenolic OH excluding ortho intramolecular Hbond substituents is 1. The number of phenols is 1. The molecule has 0 aliphatic heterocycles. The van der Waals surface area contributed by atoms with Crippen LogP contribution in [-0.4, -0.2) is 24.4 Å². The van der Waals surface area contributed by atoms with Gasteiger partial charge in [0.05, 0.1) is 6.10 Å². The SMILES string of the molecule is COC1CCCC1NCc1ccc(O)c(F)c1. The molecule has 2 N–H and O–H groups in total. The lowest BCUT2D eigenvalue weighted by Crippen LogP contribution is -2.36. The van der Waals surface area contributed by atoms with E-state index in [1.807, 2.05) is 0 Å². The minimum atomic E-state index is -0.570. The maximum Gasteiger partial charge on any atom is 0.165 e. The van der Waals surface area contributed by atoms with Crippen molar-refractivity contribution in [2.24, 2.45) is 0 Å². The van der Waals surface area contributed by atoms with Gasteiger partial charge in [0.15, 0.2) is 11.6 Å². The van der Waals surface area contributed by atoms with Crippen molar-refractivity contribution in [2.45, 2.75) is 38.0 Å². The van der Waals surface area contributed by atoms with E-state index in [-0.39, 0.29) is 11.9 Å². The van der Waals surface area contributed by atoms with Crippen LogP contribution in [0, 0.1) is 5.82 Å². The van der Waals surface area contributed by atoms with Crippen LogP contribution in [0.25, 0.3) is 0 Å². The van der Waals surface area contributed by atoms with E-state index >= 15 is 0 Å². The second-order valence-electron chi connectivity index (χ2n) is 4.48. The molecule has 1 aliphatic rings. The van der Waals surface area contributed by atoms with E-state index in [4.69, 9.17) is 9.84 Å². The number of rotatable bonds is 4. The van der Waals surface area contributed by atoms with E-state index in [0.29, 0.717) is 12.6 Å². The Morgan fingerprint density at radius 2 is 2.29 bits per heavy atom. The largest absolute Gasteiger partial charge is 0.505 e. The Balaban J connectivity index is 1.91. The lowest BCUT2D eigenvalue weighted by Gasteiger charge is -2.19. The molecule has 0 saturated heterocycles. The Bertz CT molecular complexity index is 384. The van der Waals surface area contributed by atoms with Gasteiger partial charge in [0.1, 0.15) is 0 Å². The highest BCUT2D eigenvalue weighted by molar-refractivity contribution is 5.27. The number of benzene rings is 1. The maximum absolute atomic E-state index is 13.1. The molecule has 0 spiro atoms. The van der Waals surface area contributed by atoms with Crippen LogP contribution in [0.4, 0.5) is 4.39 Å². The van der Waals surface area contributed by atoms with Crippen LogP contribution < -0.4 is 5.32 Å². The highest BCUT2D eigenvalue weighted by atomic mass is 19.1. The first-order chi connectivity index (χ1) is 8.20. The molecule has 0 radical (unpaired) electrons. The van der Waals surface area contributed by atoms with Crippen LogP contribution >= 0.6 is 0 Å². The summed E-state index contributed by atoms with van der Waals surface area (Å²) in [5.74, 6) is -0.872. The lowest BCUT2D eigenvalue weighted by atomic mass is 10.1. The molecule has 2 atom stereocenters. The molecule has 94 valence electrons. The maximum atomic E-state index is 13.1.